The van der Waals surface area contributed by atoms with E-state index in [2.05, 4.69) is 10.8 Å². The molecule has 0 radical (unpaired) electrons. The molecule has 0 bridgehead atoms. The van der Waals surface area contributed by atoms with Crippen molar-refractivity contribution in [3.8, 4) is 0 Å². The van der Waals surface area contributed by atoms with Crippen LogP contribution >= 0.6 is 0 Å². The lowest BCUT2D eigenvalue weighted by molar-refractivity contribution is -0.136. The number of hydrogen-bond donors (Lipinski definition) is 2. The Bertz CT molecular complexity index is 727. The second-order valence-corrected chi connectivity index (χ2v) is 7.13. The van der Waals surface area contributed by atoms with Crippen molar-refractivity contribution in [2.75, 3.05) is 0 Å². The topological polar surface area (TPSA) is 76.7 Å². The quantitative estimate of drug-likeness (QED) is 0.733. The van der Waals surface area contributed by atoms with Gasteiger partial charge in [-0.05, 0) is 31.9 Å². The van der Waals surface area contributed by atoms with Crippen LogP contribution in [0.2, 0.25) is 0 Å². The van der Waals surface area contributed by atoms with Gasteiger partial charge >= 0.3 is 6.09 Å². The Morgan fingerprint density at radius 1 is 0.926 bits per heavy atom. The van der Waals surface area contributed by atoms with E-state index in [1.807, 2.05) is 60.7 Å². The number of ether oxygens (including phenoxy) is 1. The van der Waals surface area contributed by atoms with Crippen LogP contribution in [0.5, 0.6) is 0 Å². The molecular weight excluding hydrogens is 344 g/mol. The molecule has 0 aromatic heterocycles. The molecule has 1 atom stereocenters. The molecule has 0 unspecified atom stereocenters. The van der Waals surface area contributed by atoms with Crippen LogP contribution in [0.3, 0.4) is 0 Å². The number of amides is 2. The maximum atomic E-state index is 12.5. The monoisotopic (exact) mass is 370 g/mol. The average Bonchev–Trinajstić information content (AvgIpc) is 2.61. The van der Waals surface area contributed by atoms with Gasteiger partial charge in [0.1, 0.15) is 11.6 Å². The maximum Gasteiger partial charge on any atom is 0.408 e. The molecule has 2 amide bonds. The molecule has 0 spiro atoms. The second-order valence-electron chi connectivity index (χ2n) is 7.13. The Morgan fingerprint density at radius 3 is 2.04 bits per heavy atom. The first-order valence-electron chi connectivity index (χ1n) is 8.82. The Hall–Kier alpha value is -2.86. The van der Waals surface area contributed by atoms with Crippen molar-refractivity contribution in [1.82, 2.24) is 10.8 Å². The summed E-state index contributed by atoms with van der Waals surface area (Å²) in [5, 5.41) is 2.62. The molecular formula is C21H26N2O4. The molecule has 6 heteroatoms. The molecule has 6 nitrogen and oxygen atoms in total. The van der Waals surface area contributed by atoms with Crippen molar-refractivity contribution in [3.05, 3.63) is 71.8 Å². The van der Waals surface area contributed by atoms with Gasteiger partial charge in [-0.1, -0.05) is 60.7 Å². The van der Waals surface area contributed by atoms with Gasteiger partial charge in [0.25, 0.3) is 5.91 Å². The van der Waals surface area contributed by atoms with Crippen molar-refractivity contribution in [2.45, 2.75) is 45.4 Å². The van der Waals surface area contributed by atoms with Crippen molar-refractivity contribution >= 4 is 12.0 Å². The van der Waals surface area contributed by atoms with Crippen LogP contribution in [0.4, 0.5) is 4.79 Å². The highest BCUT2D eigenvalue weighted by molar-refractivity contribution is 5.85. The summed E-state index contributed by atoms with van der Waals surface area (Å²) in [5.41, 5.74) is 3.60. The fraction of sp³-hybridized carbons (Fsp3) is 0.333. The number of carbonyl (C=O) groups excluding carboxylic acids is 2. The minimum absolute atomic E-state index is 0.233. The fourth-order valence-corrected chi connectivity index (χ4v) is 2.34. The molecule has 0 heterocycles. The lowest BCUT2D eigenvalue weighted by Crippen LogP contribution is -2.49. The highest BCUT2D eigenvalue weighted by Crippen LogP contribution is 2.09. The van der Waals surface area contributed by atoms with Gasteiger partial charge in [0.05, 0.1) is 6.61 Å². The van der Waals surface area contributed by atoms with Gasteiger partial charge in [-0.2, -0.15) is 0 Å². The van der Waals surface area contributed by atoms with E-state index in [1.165, 1.54) is 0 Å². The molecule has 0 saturated heterocycles. The summed E-state index contributed by atoms with van der Waals surface area (Å²) in [6, 6.07) is 18.1. The minimum Gasteiger partial charge on any atom is -0.444 e. The number of carbonyl (C=O) groups is 2. The number of alkyl carbamates (subject to hydrolysis) is 1. The molecule has 27 heavy (non-hydrogen) atoms. The van der Waals surface area contributed by atoms with Gasteiger partial charge in [-0.3, -0.25) is 9.63 Å². The molecule has 2 rings (SSSR count). The number of benzene rings is 2. The Kier molecular flexibility index (Phi) is 7.37. The van der Waals surface area contributed by atoms with Gasteiger partial charge in [0, 0.05) is 6.42 Å². The highest BCUT2D eigenvalue weighted by atomic mass is 16.7. The van der Waals surface area contributed by atoms with Crippen LogP contribution in [0.15, 0.2) is 60.7 Å². The molecule has 0 aliphatic rings. The Morgan fingerprint density at radius 2 is 1.48 bits per heavy atom. The van der Waals surface area contributed by atoms with Crippen LogP contribution in [-0.4, -0.2) is 23.6 Å². The first kappa shape index (κ1) is 20.5. The van der Waals surface area contributed by atoms with E-state index in [9.17, 15) is 9.59 Å². The van der Waals surface area contributed by atoms with E-state index in [-0.39, 0.29) is 6.61 Å². The molecule has 0 aliphatic heterocycles. The fourth-order valence-electron chi connectivity index (χ4n) is 2.34. The molecule has 2 aromatic carbocycles. The summed E-state index contributed by atoms with van der Waals surface area (Å²) < 4.78 is 5.26. The first-order valence-corrected chi connectivity index (χ1v) is 8.82. The summed E-state index contributed by atoms with van der Waals surface area (Å²) in [7, 11) is 0. The van der Waals surface area contributed by atoms with Crippen molar-refractivity contribution in [2.24, 2.45) is 0 Å². The van der Waals surface area contributed by atoms with Gasteiger partial charge in [-0.25, -0.2) is 10.3 Å². The zero-order valence-electron chi connectivity index (χ0n) is 15.9. The number of hydrogen-bond acceptors (Lipinski definition) is 4. The van der Waals surface area contributed by atoms with E-state index in [0.29, 0.717) is 6.42 Å². The molecule has 0 fully saturated rings. The van der Waals surface area contributed by atoms with Crippen molar-refractivity contribution in [3.63, 3.8) is 0 Å². The summed E-state index contributed by atoms with van der Waals surface area (Å²) in [5.74, 6) is -0.444. The van der Waals surface area contributed by atoms with Crippen LogP contribution in [0, 0.1) is 0 Å². The number of rotatable bonds is 7. The van der Waals surface area contributed by atoms with E-state index in [4.69, 9.17) is 9.57 Å². The molecule has 2 aromatic rings. The predicted octanol–water partition coefficient (Wildman–Crippen LogP) is 3.37. The standard InChI is InChI=1S/C21H26N2O4/c1-21(2,3)27-20(25)22-18(14-16-10-6-4-7-11-16)19(24)23-26-15-17-12-8-5-9-13-17/h4-13,18H,14-15H2,1-3H3,(H,22,25)(H,23,24)/t18-/m1/s1. The zero-order valence-corrected chi connectivity index (χ0v) is 15.9. The number of nitrogens with one attached hydrogen (secondary N) is 2. The highest BCUT2D eigenvalue weighted by Gasteiger charge is 2.25. The average molecular weight is 370 g/mol. The first-order chi connectivity index (χ1) is 12.8. The normalized spacial score (nSPS) is 12.1. The van der Waals surface area contributed by atoms with Crippen molar-refractivity contribution in [1.29, 1.82) is 0 Å². The van der Waals surface area contributed by atoms with Crippen LogP contribution in [0.25, 0.3) is 0 Å². The minimum atomic E-state index is -0.821. The van der Waals surface area contributed by atoms with Gasteiger partial charge < -0.3 is 10.1 Å². The lowest BCUT2D eigenvalue weighted by Gasteiger charge is -2.23. The zero-order chi connectivity index (χ0) is 19.7. The molecule has 144 valence electrons. The smallest absolute Gasteiger partial charge is 0.408 e. The van der Waals surface area contributed by atoms with Crippen LogP contribution in [-0.2, 0) is 27.4 Å². The third-order valence-electron chi connectivity index (χ3n) is 3.54. The Balaban J connectivity index is 1.96. The third kappa shape index (κ3) is 7.92. The third-order valence-corrected chi connectivity index (χ3v) is 3.54. The van der Waals surface area contributed by atoms with E-state index < -0.39 is 23.6 Å². The van der Waals surface area contributed by atoms with Crippen LogP contribution in [0.1, 0.15) is 31.9 Å². The molecule has 0 aliphatic carbocycles. The van der Waals surface area contributed by atoms with Crippen molar-refractivity contribution < 1.29 is 19.2 Å². The van der Waals surface area contributed by atoms with E-state index in [0.717, 1.165) is 11.1 Å². The number of hydroxylamine groups is 1. The Labute approximate surface area is 159 Å². The van der Waals surface area contributed by atoms with Gasteiger partial charge in [0.15, 0.2) is 0 Å². The van der Waals surface area contributed by atoms with Gasteiger partial charge in [-0.15, -0.1) is 0 Å². The van der Waals surface area contributed by atoms with Gasteiger partial charge in [0.2, 0.25) is 0 Å². The maximum absolute atomic E-state index is 12.5. The summed E-state index contributed by atoms with van der Waals surface area (Å²) in [6.07, 6.45) is -0.331. The summed E-state index contributed by atoms with van der Waals surface area (Å²) in [4.78, 5) is 29.9. The van der Waals surface area contributed by atoms with E-state index >= 15 is 0 Å². The molecule has 0 saturated carbocycles. The predicted molar refractivity (Wildman–Crippen MR) is 103 cm³/mol. The largest absolute Gasteiger partial charge is 0.444 e. The lowest BCUT2D eigenvalue weighted by atomic mass is 10.1. The second kappa shape index (κ2) is 9.73. The summed E-state index contributed by atoms with van der Waals surface area (Å²) in [6.45, 7) is 5.53. The van der Waals surface area contributed by atoms with Crippen LogP contribution < -0.4 is 10.8 Å². The summed E-state index contributed by atoms with van der Waals surface area (Å²) >= 11 is 0. The molecule has 2 N–H and O–H groups in total. The SMILES string of the molecule is CC(C)(C)OC(=O)N[C@H](Cc1ccccc1)C(=O)NOCc1ccccc1. The van der Waals surface area contributed by atoms with E-state index in [1.54, 1.807) is 20.8 Å².